The van der Waals surface area contributed by atoms with Gasteiger partial charge in [0.2, 0.25) is 10.0 Å². The predicted octanol–water partition coefficient (Wildman–Crippen LogP) is 1.38. The van der Waals surface area contributed by atoms with Gasteiger partial charge in [-0.3, -0.25) is 9.89 Å². The lowest BCUT2D eigenvalue weighted by Crippen LogP contribution is -2.45. The Kier molecular flexibility index (Phi) is 9.04. The molecular formula is C18H33N5O2S. The lowest BCUT2D eigenvalue weighted by Gasteiger charge is -2.30. The van der Waals surface area contributed by atoms with Crippen LogP contribution in [0, 0.1) is 0 Å². The molecule has 3 N–H and O–H groups in total. The Hall–Kier alpha value is -1.64. The van der Waals surface area contributed by atoms with Gasteiger partial charge >= 0.3 is 0 Å². The second-order valence-corrected chi connectivity index (χ2v) is 8.52. The van der Waals surface area contributed by atoms with Gasteiger partial charge in [-0.15, -0.1) is 0 Å². The molecule has 0 aliphatic carbocycles. The van der Waals surface area contributed by atoms with E-state index >= 15 is 0 Å². The van der Waals surface area contributed by atoms with Gasteiger partial charge in [-0.1, -0.05) is 12.1 Å². The van der Waals surface area contributed by atoms with Gasteiger partial charge in [0.25, 0.3) is 0 Å². The van der Waals surface area contributed by atoms with Gasteiger partial charge in [-0.25, -0.2) is 13.1 Å². The summed E-state index contributed by atoms with van der Waals surface area (Å²) in [7, 11) is -0.306. The quantitative estimate of drug-likeness (QED) is 0.443. The van der Waals surface area contributed by atoms with Crippen molar-refractivity contribution in [3.05, 3.63) is 29.8 Å². The van der Waals surface area contributed by atoms with E-state index < -0.39 is 10.0 Å². The van der Waals surface area contributed by atoms with Crippen LogP contribution in [0.15, 0.2) is 34.2 Å². The highest BCUT2D eigenvalue weighted by Crippen LogP contribution is 2.11. The minimum Gasteiger partial charge on any atom is -0.355 e. The largest absolute Gasteiger partial charge is 0.355 e. The fraction of sp³-hybridized carbons (Fsp3) is 0.611. The summed E-state index contributed by atoms with van der Waals surface area (Å²) < 4.78 is 26.1. The fourth-order valence-corrected chi connectivity index (χ4v) is 3.56. The molecule has 0 bridgehead atoms. The smallest absolute Gasteiger partial charge is 0.240 e. The van der Waals surface area contributed by atoms with Gasteiger partial charge in [0, 0.05) is 38.8 Å². The van der Waals surface area contributed by atoms with E-state index in [4.69, 9.17) is 0 Å². The molecule has 1 rings (SSSR count). The van der Waals surface area contributed by atoms with Gasteiger partial charge in [0.15, 0.2) is 5.96 Å². The van der Waals surface area contributed by atoms with Crippen LogP contribution in [0.3, 0.4) is 0 Å². The van der Waals surface area contributed by atoms with Crippen molar-refractivity contribution in [3.63, 3.8) is 0 Å². The standard InChI is InChI=1S/C18H33N5O2S/c1-14(2)23(15(3)4)11-10-21-18(19-5)22-13-16-8-7-9-17(12-16)26(24,25)20-6/h7-9,12,14-15,20H,10-11,13H2,1-6H3,(H2,19,21,22). The zero-order chi connectivity index (χ0) is 19.7. The maximum atomic E-state index is 11.9. The molecule has 7 nitrogen and oxygen atoms in total. The molecule has 0 aromatic heterocycles. The van der Waals surface area contributed by atoms with E-state index in [1.54, 1.807) is 25.2 Å². The normalized spacial score (nSPS) is 12.9. The number of nitrogens with zero attached hydrogens (tertiary/aromatic N) is 2. The molecule has 0 aliphatic rings. The van der Waals surface area contributed by atoms with Crippen molar-refractivity contribution in [1.82, 2.24) is 20.3 Å². The number of rotatable bonds is 9. The van der Waals surface area contributed by atoms with Crippen molar-refractivity contribution in [2.45, 2.75) is 51.2 Å². The molecular weight excluding hydrogens is 350 g/mol. The van der Waals surface area contributed by atoms with E-state index in [0.29, 0.717) is 24.6 Å². The van der Waals surface area contributed by atoms with Crippen molar-refractivity contribution >= 4 is 16.0 Å². The molecule has 1 aromatic carbocycles. The molecule has 0 aliphatic heterocycles. The molecule has 0 radical (unpaired) electrons. The van der Waals surface area contributed by atoms with E-state index in [1.165, 1.54) is 7.05 Å². The van der Waals surface area contributed by atoms with Crippen molar-refractivity contribution in [2.24, 2.45) is 4.99 Å². The highest BCUT2D eigenvalue weighted by Gasteiger charge is 2.13. The average Bonchev–Trinajstić information content (AvgIpc) is 2.60. The molecule has 26 heavy (non-hydrogen) atoms. The van der Waals surface area contributed by atoms with Gasteiger partial charge < -0.3 is 10.6 Å². The molecule has 0 atom stereocenters. The Labute approximate surface area is 158 Å². The first-order chi connectivity index (χ1) is 12.2. The number of hydrogen-bond acceptors (Lipinski definition) is 4. The first kappa shape index (κ1) is 22.4. The zero-order valence-electron chi connectivity index (χ0n) is 16.7. The molecule has 0 saturated heterocycles. The molecule has 0 heterocycles. The van der Waals surface area contributed by atoms with Crippen LogP contribution in [0.5, 0.6) is 0 Å². The number of hydrogen-bond donors (Lipinski definition) is 3. The predicted molar refractivity (Wildman–Crippen MR) is 108 cm³/mol. The number of nitrogens with one attached hydrogen (secondary N) is 3. The highest BCUT2D eigenvalue weighted by atomic mass is 32.2. The molecule has 8 heteroatoms. The topological polar surface area (TPSA) is 85.8 Å². The lowest BCUT2D eigenvalue weighted by molar-refractivity contribution is 0.178. The van der Waals surface area contributed by atoms with Gasteiger partial charge in [0.1, 0.15) is 0 Å². The summed E-state index contributed by atoms with van der Waals surface area (Å²) in [6.45, 7) is 11.0. The van der Waals surface area contributed by atoms with Crippen LogP contribution in [0.25, 0.3) is 0 Å². The van der Waals surface area contributed by atoms with Crippen LogP contribution in [-0.2, 0) is 16.6 Å². The molecule has 0 saturated carbocycles. The van der Waals surface area contributed by atoms with Crippen LogP contribution >= 0.6 is 0 Å². The molecule has 1 aromatic rings. The lowest BCUT2D eigenvalue weighted by atomic mass is 10.2. The number of benzene rings is 1. The van der Waals surface area contributed by atoms with E-state index in [0.717, 1.165) is 18.7 Å². The molecule has 0 unspecified atom stereocenters. The zero-order valence-corrected chi connectivity index (χ0v) is 17.5. The van der Waals surface area contributed by atoms with E-state index in [9.17, 15) is 8.42 Å². The van der Waals surface area contributed by atoms with Crippen molar-refractivity contribution in [3.8, 4) is 0 Å². The summed E-state index contributed by atoms with van der Waals surface area (Å²) in [5.41, 5.74) is 0.871. The van der Waals surface area contributed by atoms with Gasteiger partial charge in [-0.05, 0) is 52.4 Å². The first-order valence-corrected chi connectivity index (χ1v) is 10.4. The monoisotopic (exact) mass is 383 g/mol. The van der Waals surface area contributed by atoms with Crippen LogP contribution in [-0.4, -0.2) is 58.5 Å². The summed E-state index contributed by atoms with van der Waals surface area (Å²) >= 11 is 0. The molecule has 0 spiro atoms. The second-order valence-electron chi connectivity index (χ2n) is 6.63. The number of aliphatic imine (C=N–C) groups is 1. The molecule has 148 valence electrons. The minimum absolute atomic E-state index is 0.256. The number of guanidine groups is 1. The fourth-order valence-electron chi connectivity index (χ4n) is 2.76. The minimum atomic E-state index is -3.43. The van der Waals surface area contributed by atoms with E-state index in [1.807, 2.05) is 6.07 Å². The van der Waals surface area contributed by atoms with Crippen LogP contribution in [0.2, 0.25) is 0 Å². The first-order valence-electron chi connectivity index (χ1n) is 8.94. The van der Waals surface area contributed by atoms with Crippen molar-refractivity contribution < 1.29 is 8.42 Å². The maximum Gasteiger partial charge on any atom is 0.240 e. The second kappa shape index (κ2) is 10.5. The van der Waals surface area contributed by atoms with Gasteiger partial charge in [-0.2, -0.15) is 0 Å². The third-order valence-electron chi connectivity index (χ3n) is 4.15. The Morgan fingerprint density at radius 2 is 1.81 bits per heavy atom. The summed E-state index contributed by atoms with van der Waals surface area (Å²) in [4.78, 5) is 6.89. The van der Waals surface area contributed by atoms with Crippen LogP contribution < -0.4 is 15.4 Å². The number of sulfonamides is 1. The van der Waals surface area contributed by atoms with Crippen LogP contribution in [0.1, 0.15) is 33.3 Å². The Morgan fingerprint density at radius 1 is 1.15 bits per heavy atom. The Balaban J connectivity index is 2.59. The Bertz CT molecular complexity index is 679. The summed E-state index contributed by atoms with van der Waals surface area (Å²) in [5.74, 6) is 0.694. The van der Waals surface area contributed by atoms with E-state index in [-0.39, 0.29) is 4.90 Å². The van der Waals surface area contributed by atoms with Crippen molar-refractivity contribution in [2.75, 3.05) is 27.2 Å². The summed E-state index contributed by atoms with van der Waals surface area (Å²) in [6.07, 6.45) is 0. The third-order valence-corrected chi connectivity index (χ3v) is 5.56. The SMILES string of the molecule is CN=C(NCCN(C(C)C)C(C)C)NCc1cccc(S(=O)(=O)NC)c1. The van der Waals surface area contributed by atoms with Crippen molar-refractivity contribution in [1.29, 1.82) is 0 Å². The highest BCUT2D eigenvalue weighted by molar-refractivity contribution is 7.89. The Morgan fingerprint density at radius 3 is 2.35 bits per heavy atom. The summed E-state index contributed by atoms with van der Waals surface area (Å²) in [5, 5.41) is 6.52. The molecule has 0 fully saturated rings. The van der Waals surface area contributed by atoms with Crippen LogP contribution in [0.4, 0.5) is 0 Å². The summed E-state index contributed by atoms with van der Waals surface area (Å²) in [6, 6.07) is 7.84. The average molecular weight is 384 g/mol. The molecule has 0 amide bonds. The maximum absolute atomic E-state index is 11.9. The van der Waals surface area contributed by atoms with Gasteiger partial charge in [0.05, 0.1) is 4.90 Å². The van der Waals surface area contributed by atoms with E-state index in [2.05, 4.69) is 52.9 Å². The third kappa shape index (κ3) is 6.93.